The van der Waals surface area contributed by atoms with E-state index in [-0.39, 0.29) is 0 Å². The highest BCUT2D eigenvalue weighted by Gasteiger charge is 2.23. The molecule has 0 amide bonds. The van der Waals surface area contributed by atoms with E-state index in [4.69, 9.17) is 8.83 Å². The Balaban J connectivity index is 1.11. The molecule has 12 rings (SSSR count). The average molecular weight is 713 g/mol. The third-order valence-corrected chi connectivity index (χ3v) is 11.7. The smallest absolute Gasteiger partial charge is 0.179 e. The SMILES string of the molecule is c1ccc(-c2ccc3ccccc3c2-c2ccc3c(c2)oc2c4oc5cc(-c6c(-c7ccccc7)ccc7ccccc67)ccc5c4c4ccccc4c32)cc1. The molecule has 0 aliphatic heterocycles. The Bertz CT molecular complexity index is 3280. The molecular formula is C54H32O2. The Labute approximate surface area is 322 Å². The number of rotatable bonds is 4. The summed E-state index contributed by atoms with van der Waals surface area (Å²) in [5, 5.41) is 11.5. The van der Waals surface area contributed by atoms with Gasteiger partial charge in [-0.25, -0.2) is 0 Å². The van der Waals surface area contributed by atoms with Gasteiger partial charge in [-0.1, -0.05) is 170 Å². The van der Waals surface area contributed by atoms with Gasteiger partial charge in [-0.15, -0.1) is 0 Å². The van der Waals surface area contributed by atoms with Crippen LogP contribution >= 0.6 is 0 Å². The summed E-state index contributed by atoms with van der Waals surface area (Å²) in [5.41, 5.74) is 12.6. The van der Waals surface area contributed by atoms with Crippen LogP contribution in [0.3, 0.4) is 0 Å². The van der Waals surface area contributed by atoms with E-state index < -0.39 is 0 Å². The number of fused-ring (bicyclic) bond motifs is 12. The molecule has 0 N–H and O–H groups in total. The molecule has 0 saturated heterocycles. The van der Waals surface area contributed by atoms with E-state index in [1.54, 1.807) is 0 Å². The molecule has 10 aromatic carbocycles. The Hall–Kier alpha value is -7.42. The van der Waals surface area contributed by atoms with E-state index in [1.165, 1.54) is 54.9 Å². The predicted molar refractivity (Wildman–Crippen MR) is 235 cm³/mol. The summed E-state index contributed by atoms with van der Waals surface area (Å²) in [5.74, 6) is 0. The fourth-order valence-electron chi connectivity index (χ4n) is 9.16. The minimum Gasteiger partial charge on any atom is -0.452 e. The standard InChI is InChI=1S/C54H32O2/c1-3-13-33(14-4-1)41-27-23-35-17-7-9-19-39(35)49(41)37-25-29-45-47(31-37)55-53-51(45)43-21-11-12-22-44(43)52-46-30-26-38(32-48(46)56-54(52)53)50-40-20-10-8-18-36(40)24-28-42(50)34-15-5-2-6-16-34/h1-32H. The van der Waals surface area contributed by atoms with Crippen LogP contribution in [-0.2, 0) is 0 Å². The summed E-state index contributed by atoms with van der Waals surface area (Å²) in [6, 6.07) is 69.6. The van der Waals surface area contributed by atoms with Crippen LogP contribution in [0.15, 0.2) is 203 Å². The number of hydrogen-bond acceptors (Lipinski definition) is 2. The van der Waals surface area contributed by atoms with Gasteiger partial charge in [0.25, 0.3) is 0 Å². The van der Waals surface area contributed by atoms with Gasteiger partial charge in [0, 0.05) is 21.5 Å². The van der Waals surface area contributed by atoms with Crippen LogP contribution in [0.2, 0.25) is 0 Å². The van der Waals surface area contributed by atoms with Gasteiger partial charge < -0.3 is 8.83 Å². The molecule has 0 saturated carbocycles. The van der Waals surface area contributed by atoms with Crippen molar-refractivity contribution < 1.29 is 8.83 Å². The summed E-state index contributed by atoms with van der Waals surface area (Å²) in [6.45, 7) is 0. The Morgan fingerprint density at radius 3 is 1.11 bits per heavy atom. The van der Waals surface area contributed by atoms with Gasteiger partial charge in [-0.2, -0.15) is 0 Å². The van der Waals surface area contributed by atoms with Crippen LogP contribution in [0.4, 0.5) is 0 Å². The van der Waals surface area contributed by atoms with Crippen molar-refractivity contribution in [2.45, 2.75) is 0 Å². The highest BCUT2D eigenvalue weighted by atomic mass is 16.4. The lowest BCUT2D eigenvalue weighted by molar-refractivity contribution is 0.634. The molecule has 2 heteroatoms. The molecule has 56 heavy (non-hydrogen) atoms. The highest BCUT2D eigenvalue weighted by molar-refractivity contribution is 6.33. The molecule has 0 fully saturated rings. The van der Waals surface area contributed by atoms with Crippen molar-refractivity contribution in [1.29, 1.82) is 0 Å². The first-order valence-electron chi connectivity index (χ1n) is 19.2. The summed E-state index contributed by atoms with van der Waals surface area (Å²) >= 11 is 0. The van der Waals surface area contributed by atoms with Crippen LogP contribution < -0.4 is 0 Å². The zero-order valence-electron chi connectivity index (χ0n) is 30.3. The topological polar surface area (TPSA) is 26.3 Å². The van der Waals surface area contributed by atoms with Crippen LogP contribution in [0.5, 0.6) is 0 Å². The third kappa shape index (κ3) is 4.57. The zero-order valence-corrected chi connectivity index (χ0v) is 30.3. The van der Waals surface area contributed by atoms with Crippen LogP contribution in [-0.4, -0.2) is 0 Å². The average Bonchev–Trinajstić information content (AvgIpc) is 3.85. The molecule has 0 spiro atoms. The summed E-state index contributed by atoms with van der Waals surface area (Å²) in [6.07, 6.45) is 0. The minimum atomic E-state index is 0.778. The maximum Gasteiger partial charge on any atom is 0.179 e. The van der Waals surface area contributed by atoms with Gasteiger partial charge in [0.1, 0.15) is 11.2 Å². The molecule has 0 unspecified atom stereocenters. The Kier molecular flexibility index (Phi) is 6.66. The largest absolute Gasteiger partial charge is 0.452 e. The highest BCUT2D eigenvalue weighted by Crippen LogP contribution is 2.48. The molecule has 2 aromatic heterocycles. The van der Waals surface area contributed by atoms with E-state index in [0.717, 1.165) is 65.8 Å². The first-order chi connectivity index (χ1) is 27.8. The van der Waals surface area contributed by atoms with Crippen molar-refractivity contribution in [3.63, 3.8) is 0 Å². The van der Waals surface area contributed by atoms with Gasteiger partial charge in [0.2, 0.25) is 0 Å². The fourth-order valence-corrected chi connectivity index (χ4v) is 9.16. The summed E-state index contributed by atoms with van der Waals surface area (Å²) in [4.78, 5) is 0. The van der Waals surface area contributed by atoms with Crippen molar-refractivity contribution in [3.05, 3.63) is 194 Å². The number of furan rings is 2. The van der Waals surface area contributed by atoms with E-state index in [0.29, 0.717) is 0 Å². The maximum absolute atomic E-state index is 6.98. The quantitative estimate of drug-likeness (QED) is 0.182. The van der Waals surface area contributed by atoms with Crippen LogP contribution in [0.25, 0.3) is 121 Å². The third-order valence-electron chi connectivity index (χ3n) is 11.7. The summed E-state index contributed by atoms with van der Waals surface area (Å²) < 4.78 is 14.0. The fraction of sp³-hybridized carbons (Fsp3) is 0. The second-order valence-electron chi connectivity index (χ2n) is 14.7. The van der Waals surface area contributed by atoms with E-state index >= 15 is 0 Å². The van der Waals surface area contributed by atoms with Gasteiger partial charge in [-0.05, 0) is 101 Å². The van der Waals surface area contributed by atoms with Crippen LogP contribution in [0, 0.1) is 0 Å². The molecule has 0 atom stereocenters. The molecular weight excluding hydrogens is 681 g/mol. The molecule has 0 aliphatic carbocycles. The zero-order chi connectivity index (χ0) is 36.7. The second-order valence-corrected chi connectivity index (χ2v) is 14.7. The van der Waals surface area contributed by atoms with Gasteiger partial charge in [0.05, 0.1) is 0 Å². The van der Waals surface area contributed by atoms with Crippen LogP contribution in [0.1, 0.15) is 0 Å². The number of hydrogen-bond donors (Lipinski definition) is 0. The predicted octanol–water partition coefficient (Wildman–Crippen LogP) is 15.6. The van der Waals surface area contributed by atoms with E-state index in [9.17, 15) is 0 Å². The Morgan fingerprint density at radius 1 is 0.268 bits per heavy atom. The van der Waals surface area contributed by atoms with Crippen molar-refractivity contribution in [2.75, 3.05) is 0 Å². The lowest BCUT2D eigenvalue weighted by Crippen LogP contribution is -1.88. The molecule has 0 radical (unpaired) electrons. The molecule has 0 bridgehead atoms. The molecule has 2 heterocycles. The molecule has 0 aliphatic rings. The second kappa shape index (κ2) is 12.0. The molecule has 12 aromatic rings. The minimum absolute atomic E-state index is 0.778. The van der Waals surface area contributed by atoms with Crippen molar-refractivity contribution >= 4 is 76.2 Å². The van der Waals surface area contributed by atoms with Crippen molar-refractivity contribution in [2.24, 2.45) is 0 Å². The van der Waals surface area contributed by atoms with Crippen molar-refractivity contribution in [3.8, 4) is 44.5 Å². The van der Waals surface area contributed by atoms with Gasteiger partial charge in [0.15, 0.2) is 11.2 Å². The van der Waals surface area contributed by atoms with Gasteiger partial charge in [-0.3, -0.25) is 0 Å². The number of benzene rings is 10. The van der Waals surface area contributed by atoms with E-state index in [1.807, 2.05) is 0 Å². The lowest BCUT2D eigenvalue weighted by Gasteiger charge is -2.14. The first kappa shape index (κ1) is 31.0. The Morgan fingerprint density at radius 2 is 0.661 bits per heavy atom. The molecule has 2 nitrogen and oxygen atoms in total. The molecule has 260 valence electrons. The lowest BCUT2D eigenvalue weighted by atomic mass is 9.89. The monoisotopic (exact) mass is 712 g/mol. The maximum atomic E-state index is 6.98. The van der Waals surface area contributed by atoms with Gasteiger partial charge >= 0.3 is 0 Å². The summed E-state index contributed by atoms with van der Waals surface area (Å²) in [7, 11) is 0. The van der Waals surface area contributed by atoms with Crippen molar-refractivity contribution in [1.82, 2.24) is 0 Å². The normalized spacial score (nSPS) is 11.9. The van der Waals surface area contributed by atoms with E-state index in [2.05, 4.69) is 194 Å². The first-order valence-corrected chi connectivity index (χ1v) is 19.2.